The van der Waals surface area contributed by atoms with Crippen LogP contribution in [0.5, 0.6) is 0 Å². The highest BCUT2D eigenvalue weighted by Crippen LogP contribution is 2.30. The molecule has 1 aliphatic heterocycles. The van der Waals surface area contributed by atoms with Gasteiger partial charge in [-0.2, -0.15) is 0 Å². The van der Waals surface area contributed by atoms with Crippen LogP contribution in [0.1, 0.15) is 51.3 Å². The van der Waals surface area contributed by atoms with E-state index < -0.39 is 35.5 Å². The van der Waals surface area contributed by atoms with Gasteiger partial charge in [0.15, 0.2) is 0 Å². The van der Waals surface area contributed by atoms with E-state index >= 15 is 0 Å². The largest absolute Gasteiger partial charge is 0.481 e. The number of hydrogen-bond acceptors (Lipinski definition) is 7. The van der Waals surface area contributed by atoms with E-state index in [-0.39, 0.29) is 44.2 Å². The lowest BCUT2D eigenvalue weighted by Gasteiger charge is -2.36. The molecule has 0 unspecified atom stereocenters. The van der Waals surface area contributed by atoms with E-state index in [2.05, 4.69) is 15.6 Å². The summed E-state index contributed by atoms with van der Waals surface area (Å²) in [4.78, 5) is 56.0. The average Bonchev–Trinajstić information content (AvgIpc) is 3.46. The summed E-state index contributed by atoms with van der Waals surface area (Å²) in [6.07, 6.45) is -1.21. The minimum atomic E-state index is -1.09. The van der Waals surface area contributed by atoms with Crippen molar-refractivity contribution in [3.05, 3.63) is 41.0 Å². The fourth-order valence-electron chi connectivity index (χ4n) is 4.22. The van der Waals surface area contributed by atoms with Gasteiger partial charge in [-0.15, -0.1) is 11.3 Å². The number of likely N-dealkylation sites (tertiary alicyclic amines) is 1. The number of aliphatic carboxylic acids is 1. The molecule has 4 N–H and O–H groups in total. The van der Waals surface area contributed by atoms with Gasteiger partial charge in [-0.1, -0.05) is 24.3 Å². The number of β-amino-alcohol motifs (C(OH)–C–C–N with tert-alkyl or cyclic N) is 1. The van der Waals surface area contributed by atoms with Gasteiger partial charge in [-0.3, -0.25) is 19.2 Å². The van der Waals surface area contributed by atoms with E-state index in [0.29, 0.717) is 0 Å². The van der Waals surface area contributed by atoms with Crippen LogP contribution in [0.4, 0.5) is 0 Å². The van der Waals surface area contributed by atoms with Crippen LogP contribution in [0, 0.1) is 12.3 Å². The van der Waals surface area contributed by atoms with Gasteiger partial charge in [-0.05, 0) is 38.8 Å². The van der Waals surface area contributed by atoms with Gasteiger partial charge in [-0.25, -0.2) is 4.98 Å². The van der Waals surface area contributed by atoms with Gasteiger partial charge in [0.05, 0.1) is 34.0 Å². The Morgan fingerprint density at radius 1 is 1.19 bits per heavy atom. The lowest BCUT2D eigenvalue weighted by molar-refractivity contribution is -0.147. The van der Waals surface area contributed by atoms with Crippen molar-refractivity contribution in [2.24, 2.45) is 5.41 Å². The molecular formula is C26H34N4O6S. The Kier molecular flexibility index (Phi) is 9.03. The second-order valence-electron chi connectivity index (χ2n) is 9.95. The van der Waals surface area contributed by atoms with Gasteiger partial charge in [0, 0.05) is 32.0 Å². The maximum absolute atomic E-state index is 13.5. The second-order valence-corrected chi connectivity index (χ2v) is 10.8. The summed E-state index contributed by atoms with van der Waals surface area (Å²) in [6, 6.07) is 6.36. The van der Waals surface area contributed by atoms with Crippen LogP contribution < -0.4 is 10.6 Å². The fraction of sp³-hybridized carbons (Fsp3) is 0.500. The summed E-state index contributed by atoms with van der Waals surface area (Å²) in [6.45, 7) is 7.22. The number of aliphatic hydroxyl groups excluding tert-OH is 1. The van der Waals surface area contributed by atoms with Crippen LogP contribution in [-0.4, -0.2) is 68.5 Å². The Bertz CT molecular complexity index is 1150. The van der Waals surface area contributed by atoms with Crippen LogP contribution in [-0.2, 0) is 25.7 Å². The number of rotatable bonds is 10. The topological polar surface area (TPSA) is 149 Å². The minimum absolute atomic E-state index is 0.0168. The van der Waals surface area contributed by atoms with Crippen molar-refractivity contribution in [2.75, 3.05) is 6.54 Å². The number of aromatic nitrogens is 1. The van der Waals surface area contributed by atoms with E-state index in [1.165, 1.54) is 4.90 Å². The Morgan fingerprint density at radius 2 is 1.86 bits per heavy atom. The molecule has 10 nitrogen and oxygen atoms in total. The molecule has 2 heterocycles. The predicted octanol–water partition coefficient (Wildman–Crippen LogP) is 2.09. The summed E-state index contributed by atoms with van der Waals surface area (Å²) >= 11 is 1.57. The number of benzene rings is 1. The normalized spacial score (nSPS) is 18.4. The highest BCUT2D eigenvalue weighted by Gasteiger charge is 2.46. The highest BCUT2D eigenvalue weighted by atomic mass is 32.1. The Balaban J connectivity index is 1.61. The number of carboxylic acid groups (broad SMARTS) is 1. The fourth-order valence-corrected chi connectivity index (χ4v) is 5.03. The van der Waals surface area contributed by atoms with Gasteiger partial charge in [0.2, 0.25) is 17.7 Å². The van der Waals surface area contributed by atoms with Gasteiger partial charge < -0.3 is 25.7 Å². The van der Waals surface area contributed by atoms with E-state index in [9.17, 15) is 24.3 Å². The van der Waals surface area contributed by atoms with E-state index in [1.807, 2.05) is 31.2 Å². The first-order chi connectivity index (χ1) is 17.4. The first kappa shape index (κ1) is 28.3. The van der Waals surface area contributed by atoms with Crippen LogP contribution in [0.3, 0.4) is 0 Å². The molecule has 0 aliphatic carbocycles. The third-order valence-electron chi connectivity index (χ3n) is 6.85. The van der Waals surface area contributed by atoms with Crippen LogP contribution in [0.2, 0.25) is 0 Å². The average molecular weight is 531 g/mol. The lowest BCUT2D eigenvalue weighted by atomic mass is 9.83. The number of carbonyl (C=O) groups excluding carboxylic acids is 3. The zero-order valence-electron chi connectivity index (χ0n) is 21.5. The minimum Gasteiger partial charge on any atom is -0.481 e. The van der Waals surface area contributed by atoms with Crippen molar-refractivity contribution in [1.82, 2.24) is 20.5 Å². The smallest absolute Gasteiger partial charge is 0.303 e. The van der Waals surface area contributed by atoms with Crippen molar-refractivity contribution in [3.63, 3.8) is 0 Å². The number of aryl methyl sites for hydroxylation is 1. The molecule has 1 saturated heterocycles. The number of amides is 3. The van der Waals surface area contributed by atoms with Gasteiger partial charge in [0.1, 0.15) is 6.04 Å². The first-order valence-electron chi connectivity index (χ1n) is 12.2. The zero-order chi connectivity index (χ0) is 27.3. The van der Waals surface area contributed by atoms with Crippen molar-refractivity contribution >= 4 is 35.0 Å². The molecule has 0 spiro atoms. The molecule has 3 atom stereocenters. The molecule has 37 heavy (non-hydrogen) atoms. The maximum Gasteiger partial charge on any atom is 0.303 e. The van der Waals surface area contributed by atoms with Crippen LogP contribution >= 0.6 is 11.3 Å². The van der Waals surface area contributed by atoms with Crippen LogP contribution in [0.15, 0.2) is 29.8 Å². The number of hydrogen-bond donors (Lipinski definition) is 4. The first-order valence-corrected chi connectivity index (χ1v) is 13.1. The number of carbonyl (C=O) groups is 4. The maximum atomic E-state index is 13.5. The molecule has 1 aromatic heterocycles. The number of nitrogens with zero attached hydrogens (tertiary/aromatic N) is 2. The zero-order valence-corrected chi connectivity index (χ0v) is 22.3. The van der Waals surface area contributed by atoms with Crippen molar-refractivity contribution in [1.29, 1.82) is 0 Å². The third kappa shape index (κ3) is 6.92. The molecule has 0 saturated carbocycles. The molecule has 2 aromatic rings. The molecule has 0 radical (unpaired) electrons. The van der Waals surface area contributed by atoms with Crippen molar-refractivity contribution in [3.8, 4) is 10.4 Å². The molecular weight excluding hydrogens is 496 g/mol. The number of thiazole rings is 1. The van der Waals surface area contributed by atoms with Crippen molar-refractivity contribution < 1.29 is 29.4 Å². The molecule has 1 fully saturated rings. The predicted molar refractivity (Wildman–Crippen MR) is 139 cm³/mol. The Morgan fingerprint density at radius 3 is 2.46 bits per heavy atom. The molecule has 1 aliphatic rings. The number of carboxylic acids is 1. The van der Waals surface area contributed by atoms with Gasteiger partial charge in [0.25, 0.3) is 0 Å². The number of nitrogens with one attached hydrogen (secondary N) is 2. The standard InChI is InChI=1S/C26H34N4O6S/c1-15-23(37-14-28-15)18-7-5-17(6-8-18)12-27-24(35)20-11-19(31)13-30(20)25(36)26(3,4)16(2)29-21(32)9-10-22(33)34/h5-8,14,16,19-20,31H,9-13H2,1-4H3,(H,27,35)(H,29,32)(H,33,34)/t16-,19+,20-/m0/s1. The summed E-state index contributed by atoms with van der Waals surface area (Å²) in [5.41, 5.74) is 3.63. The molecule has 3 rings (SSSR count). The SMILES string of the molecule is Cc1ncsc1-c1ccc(CNC(=O)[C@@H]2C[C@@H](O)CN2C(=O)C(C)(C)[C@H](C)NC(=O)CCC(=O)O)cc1. The molecule has 3 amide bonds. The Labute approximate surface area is 220 Å². The van der Waals surface area contributed by atoms with Crippen LogP contribution in [0.25, 0.3) is 10.4 Å². The summed E-state index contributed by atoms with van der Waals surface area (Å²) in [5.74, 6) is -2.28. The van der Waals surface area contributed by atoms with E-state index in [1.54, 1.807) is 37.6 Å². The summed E-state index contributed by atoms with van der Waals surface area (Å²) in [5, 5.41) is 24.6. The Hall–Kier alpha value is -3.31. The molecule has 200 valence electrons. The van der Waals surface area contributed by atoms with E-state index in [0.717, 1.165) is 21.7 Å². The second kappa shape index (κ2) is 11.8. The van der Waals surface area contributed by atoms with Crippen molar-refractivity contribution in [2.45, 2.75) is 71.7 Å². The molecule has 0 bridgehead atoms. The summed E-state index contributed by atoms with van der Waals surface area (Å²) in [7, 11) is 0. The molecule has 1 aromatic carbocycles. The van der Waals surface area contributed by atoms with E-state index in [4.69, 9.17) is 5.11 Å². The van der Waals surface area contributed by atoms with Gasteiger partial charge >= 0.3 is 5.97 Å². The molecule has 11 heteroatoms. The highest BCUT2D eigenvalue weighted by molar-refractivity contribution is 7.13. The third-order valence-corrected chi connectivity index (χ3v) is 7.83. The quantitative estimate of drug-likeness (QED) is 0.367. The lowest BCUT2D eigenvalue weighted by Crippen LogP contribution is -2.55. The monoisotopic (exact) mass is 530 g/mol. The summed E-state index contributed by atoms with van der Waals surface area (Å²) < 4.78 is 0. The number of aliphatic hydroxyl groups is 1.